The normalized spacial score (nSPS) is 14.5. The van der Waals surface area contributed by atoms with Crippen molar-refractivity contribution in [1.29, 1.82) is 0 Å². The van der Waals surface area contributed by atoms with Gasteiger partial charge in [-0.3, -0.25) is 0 Å². The number of hydrogen-bond acceptors (Lipinski definition) is 0. The van der Waals surface area contributed by atoms with E-state index in [9.17, 15) is 0 Å². The topological polar surface area (TPSA) is 0 Å². The molecule has 0 heteroatoms. The molecule has 0 amide bonds. The van der Waals surface area contributed by atoms with Gasteiger partial charge in [-0.1, -0.05) is 121 Å². The first-order valence-corrected chi connectivity index (χ1v) is 13.8. The lowest BCUT2D eigenvalue weighted by molar-refractivity contribution is 0.769. The summed E-state index contributed by atoms with van der Waals surface area (Å²) in [7, 11) is 0. The lowest BCUT2D eigenvalue weighted by atomic mass is 9.69. The molecule has 4 aromatic rings. The smallest absolute Gasteiger partial charge is 0.0613 e. The summed E-state index contributed by atoms with van der Waals surface area (Å²) < 4.78 is 0. The molecule has 0 fully saturated rings. The van der Waals surface area contributed by atoms with Crippen LogP contribution in [0.15, 0.2) is 72.8 Å². The molecule has 0 radical (unpaired) electrons. The first-order valence-electron chi connectivity index (χ1n) is 13.8. The van der Waals surface area contributed by atoms with Gasteiger partial charge in [0.15, 0.2) is 0 Å². The van der Waals surface area contributed by atoms with Gasteiger partial charge in [0.25, 0.3) is 0 Å². The molecule has 0 N–H and O–H groups in total. The predicted octanol–water partition coefficient (Wildman–Crippen LogP) is 9.96. The molecular formula is C36H38. The van der Waals surface area contributed by atoms with Crippen LogP contribution in [-0.2, 0) is 11.8 Å². The monoisotopic (exact) mass is 470 g/mol. The van der Waals surface area contributed by atoms with Gasteiger partial charge in [-0.05, 0) is 90.9 Å². The largest absolute Gasteiger partial charge is 0.0725 e. The fourth-order valence-electron chi connectivity index (χ4n) is 6.63. The highest BCUT2D eigenvalue weighted by atomic mass is 14.5. The molecule has 0 aliphatic heterocycles. The predicted molar refractivity (Wildman–Crippen MR) is 154 cm³/mol. The fraction of sp³-hybridized carbons (Fsp3) is 0.333. The van der Waals surface area contributed by atoms with Crippen molar-refractivity contribution in [3.63, 3.8) is 0 Å². The Morgan fingerprint density at radius 2 is 0.806 bits per heavy atom. The molecule has 0 atom stereocenters. The van der Waals surface area contributed by atoms with Crippen molar-refractivity contribution in [2.75, 3.05) is 0 Å². The van der Waals surface area contributed by atoms with E-state index < -0.39 is 0 Å². The maximum Gasteiger partial charge on any atom is 0.0725 e. The van der Waals surface area contributed by atoms with Crippen LogP contribution >= 0.6 is 0 Å². The van der Waals surface area contributed by atoms with Crippen molar-refractivity contribution in [2.45, 2.75) is 78.1 Å². The van der Waals surface area contributed by atoms with Gasteiger partial charge in [-0.25, -0.2) is 0 Å². The molecule has 0 saturated heterocycles. The summed E-state index contributed by atoms with van der Waals surface area (Å²) in [4.78, 5) is 0. The summed E-state index contributed by atoms with van der Waals surface area (Å²) in [5.41, 5.74) is 16.9. The van der Waals surface area contributed by atoms with Crippen LogP contribution in [0.25, 0.3) is 22.3 Å². The van der Waals surface area contributed by atoms with Gasteiger partial charge in [-0.15, -0.1) is 0 Å². The first-order chi connectivity index (χ1) is 17.3. The highest BCUT2D eigenvalue weighted by Gasteiger charge is 2.52. The van der Waals surface area contributed by atoms with Crippen molar-refractivity contribution >= 4 is 0 Å². The lowest BCUT2D eigenvalue weighted by Gasteiger charge is -2.32. The Balaban J connectivity index is 1.81. The molecule has 0 saturated carbocycles. The summed E-state index contributed by atoms with van der Waals surface area (Å²) in [6.45, 7) is 16.2. The summed E-state index contributed by atoms with van der Waals surface area (Å²) in [6.07, 6.45) is 1.05. The van der Waals surface area contributed by atoms with Gasteiger partial charge in [0, 0.05) is 0 Å². The number of rotatable bonds is 4. The number of fused-ring (bicyclic) bond motifs is 10. The molecular weight excluding hydrogens is 432 g/mol. The second kappa shape index (κ2) is 8.20. The van der Waals surface area contributed by atoms with E-state index in [2.05, 4.69) is 121 Å². The fourth-order valence-corrected chi connectivity index (χ4v) is 6.63. The average Bonchev–Trinajstić information content (AvgIpc) is 3.33. The van der Waals surface area contributed by atoms with Gasteiger partial charge in [0.05, 0.1) is 5.41 Å². The van der Waals surface area contributed by atoms with E-state index in [1.54, 1.807) is 0 Å². The molecule has 4 aromatic carbocycles. The van der Waals surface area contributed by atoms with E-state index >= 15 is 0 Å². The molecule has 0 unspecified atom stereocenters. The van der Waals surface area contributed by atoms with Crippen LogP contribution in [0.3, 0.4) is 0 Å². The quantitative estimate of drug-likeness (QED) is 0.240. The molecule has 0 nitrogen and oxygen atoms in total. The Morgan fingerprint density at radius 1 is 0.472 bits per heavy atom. The van der Waals surface area contributed by atoms with Crippen LogP contribution in [0.4, 0.5) is 0 Å². The standard InChI is InChI=1S/C36H38/c1-8-24-9-13-28-29-14-10-25(21(2)3)18-33(29)36(32(28)17-24)34-19-26(22(4)5)11-15-30(34)31-16-12-27(23(6)7)20-35(31)36/h9-23H,8H2,1-7H3. The molecule has 182 valence electrons. The summed E-state index contributed by atoms with van der Waals surface area (Å²) in [5, 5.41) is 0. The van der Waals surface area contributed by atoms with Crippen LogP contribution in [-0.4, -0.2) is 0 Å². The van der Waals surface area contributed by atoms with E-state index in [0.717, 1.165) is 6.42 Å². The van der Waals surface area contributed by atoms with Gasteiger partial charge in [-0.2, -0.15) is 0 Å². The lowest BCUT2D eigenvalue weighted by Crippen LogP contribution is -2.26. The Morgan fingerprint density at radius 3 is 1.14 bits per heavy atom. The summed E-state index contributed by atoms with van der Waals surface area (Å²) in [5.74, 6) is 1.48. The van der Waals surface area contributed by atoms with Crippen molar-refractivity contribution in [1.82, 2.24) is 0 Å². The van der Waals surface area contributed by atoms with Gasteiger partial charge >= 0.3 is 0 Å². The van der Waals surface area contributed by atoms with Gasteiger partial charge in [0.2, 0.25) is 0 Å². The Bertz CT molecular complexity index is 1410. The highest BCUT2D eigenvalue weighted by Crippen LogP contribution is 2.63. The molecule has 6 rings (SSSR count). The van der Waals surface area contributed by atoms with Crippen molar-refractivity contribution in [3.05, 3.63) is 117 Å². The number of hydrogen-bond donors (Lipinski definition) is 0. The van der Waals surface area contributed by atoms with E-state index in [1.165, 1.54) is 66.8 Å². The Hall–Kier alpha value is -3.12. The zero-order valence-corrected chi connectivity index (χ0v) is 22.9. The third-order valence-corrected chi connectivity index (χ3v) is 8.82. The Labute approximate surface area is 217 Å². The molecule has 0 aromatic heterocycles. The minimum absolute atomic E-state index is 0.263. The average molecular weight is 471 g/mol. The number of aryl methyl sites for hydroxylation is 1. The number of benzene rings is 4. The van der Waals surface area contributed by atoms with Crippen LogP contribution in [0, 0.1) is 0 Å². The summed E-state index contributed by atoms with van der Waals surface area (Å²) >= 11 is 0. The maximum absolute atomic E-state index is 2.54. The maximum atomic E-state index is 2.54. The molecule has 36 heavy (non-hydrogen) atoms. The zero-order valence-electron chi connectivity index (χ0n) is 22.9. The van der Waals surface area contributed by atoms with Crippen molar-refractivity contribution in [2.24, 2.45) is 0 Å². The van der Waals surface area contributed by atoms with E-state index in [0.29, 0.717) is 17.8 Å². The van der Waals surface area contributed by atoms with Crippen molar-refractivity contribution in [3.8, 4) is 22.3 Å². The second-order valence-electron chi connectivity index (χ2n) is 11.9. The van der Waals surface area contributed by atoms with Crippen LogP contribution < -0.4 is 0 Å². The second-order valence-corrected chi connectivity index (χ2v) is 11.9. The van der Waals surface area contributed by atoms with Crippen LogP contribution in [0.2, 0.25) is 0 Å². The third-order valence-electron chi connectivity index (χ3n) is 8.82. The first kappa shape index (κ1) is 23.3. The molecule has 1 spiro atoms. The molecule has 2 aliphatic carbocycles. The van der Waals surface area contributed by atoms with Gasteiger partial charge in [0.1, 0.15) is 0 Å². The van der Waals surface area contributed by atoms with E-state index in [1.807, 2.05) is 0 Å². The molecule has 2 aliphatic rings. The van der Waals surface area contributed by atoms with Crippen LogP contribution in [0.5, 0.6) is 0 Å². The summed E-state index contributed by atoms with van der Waals surface area (Å²) in [6, 6.07) is 29.1. The zero-order chi connectivity index (χ0) is 25.4. The third kappa shape index (κ3) is 3.06. The van der Waals surface area contributed by atoms with E-state index in [-0.39, 0.29) is 5.41 Å². The Kier molecular flexibility index (Phi) is 5.31. The molecule has 0 heterocycles. The van der Waals surface area contributed by atoms with Crippen molar-refractivity contribution < 1.29 is 0 Å². The molecule has 0 bridgehead atoms. The SMILES string of the molecule is CCc1ccc2c(c1)C1(c3cc(C(C)C)ccc3-2)c2cc(C(C)C)ccc2-c2ccc(C(C)C)cc21. The van der Waals surface area contributed by atoms with Crippen LogP contribution in [0.1, 0.15) is 111 Å². The highest BCUT2D eigenvalue weighted by molar-refractivity contribution is 5.95. The minimum atomic E-state index is -0.263. The van der Waals surface area contributed by atoms with Gasteiger partial charge < -0.3 is 0 Å². The van der Waals surface area contributed by atoms with E-state index in [4.69, 9.17) is 0 Å². The minimum Gasteiger partial charge on any atom is -0.0613 e.